The van der Waals surface area contributed by atoms with Crippen LogP contribution in [0, 0.1) is 5.92 Å². The number of aliphatic hydroxyl groups is 1. The molecule has 1 saturated heterocycles. The molecule has 0 radical (unpaired) electrons. The Balaban J connectivity index is 1.29. The molecule has 1 aromatic carbocycles. The number of carbonyl (C=O) groups excluding carboxylic acids is 1. The van der Waals surface area contributed by atoms with Crippen molar-refractivity contribution < 1.29 is 24.2 Å². The highest BCUT2D eigenvalue weighted by molar-refractivity contribution is 5.92. The summed E-state index contributed by atoms with van der Waals surface area (Å²) in [6.07, 6.45) is 10.6. The lowest BCUT2D eigenvalue weighted by Crippen LogP contribution is -2.70. The first-order chi connectivity index (χ1) is 16.4. The second-order valence-electron chi connectivity index (χ2n) is 10.9. The number of benzene rings is 1. The van der Waals surface area contributed by atoms with Crippen LogP contribution in [0.2, 0.25) is 0 Å². The number of furan rings is 1. The summed E-state index contributed by atoms with van der Waals surface area (Å²) in [5, 5.41) is 23.1. The lowest BCUT2D eigenvalue weighted by molar-refractivity contribution is -0.143. The third kappa shape index (κ3) is 2.57. The molecule has 1 aromatic heterocycles. The normalized spacial score (nSPS) is 35.4. The number of likely N-dealkylation sites (N-methyl/N-ethyl adjacent to an activating group) is 1. The molecule has 0 unspecified atom stereocenters. The summed E-state index contributed by atoms with van der Waals surface area (Å²) in [6.45, 7) is 1.71. The molecule has 3 aliphatic carbocycles. The number of likely N-dealkylation sites (tertiary alicyclic amines) is 1. The minimum absolute atomic E-state index is 0.0464. The zero-order chi connectivity index (χ0) is 23.2. The molecule has 3 heterocycles. The van der Waals surface area contributed by atoms with Crippen molar-refractivity contribution >= 4 is 12.0 Å². The number of hydrogen-bond acceptors (Lipinski definition) is 6. The molecular formula is C27H30N2O5. The van der Waals surface area contributed by atoms with Crippen molar-refractivity contribution in [3.05, 3.63) is 53.5 Å². The number of hydrogen-bond donors (Lipinski definition) is 2. The number of phenols is 1. The van der Waals surface area contributed by atoms with Gasteiger partial charge in [0.15, 0.2) is 11.5 Å². The van der Waals surface area contributed by atoms with Crippen molar-refractivity contribution in [2.45, 2.75) is 61.3 Å². The molecule has 7 heteroatoms. The van der Waals surface area contributed by atoms with Gasteiger partial charge in [-0.25, -0.2) is 0 Å². The van der Waals surface area contributed by atoms with Crippen LogP contribution in [0.25, 0.3) is 6.08 Å². The van der Waals surface area contributed by atoms with Crippen LogP contribution in [0.1, 0.15) is 42.4 Å². The van der Waals surface area contributed by atoms with Crippen molar-refractivity contribution in [2.75, 3.05) is 20.1 Å². The largest absolute Gasteiger partial charge is 0.504 e. The molecular weight excluding hydrogens is 432 g/mol. The van der Waals surface area contributed by atoms with Gasteiger partial charge in [0, 0.05) is 43.4 Å². The first-order valence-electron chi connectivity index (χ1n) is 12.4. The Morgan fingerprint density at radius 2 is 2.15 bits per heavy atom. The van der Waals surface area contributed by atoms with Crippen molar-refractivity contribution in [1.29, 1.82) is 0 Å². The fourth-order valence-corrected chi connectivity index (χ4v) is 7.42. The Hall–Kier alpha value is -2.77. The number of nitrogens with zero attached hydrogens (tertiary/aromatic N) is 2. The van der Waals surface area contributed by atoms with Gasteiger partial charge in [-0.3, -0.25) is 9.69 Å². The predicted molar refractivity (Wildman–Crippen MR) is 124 cm³/mol. The maximum Gasteiger partial charge on any atom is 0.246 e. The maximum atomic E-state index is 13.2. The standard InChI is InChI=1S/C27H30N2O5/c1-28(22(31)7-4-17-9-11-33-14-17)19-8-10-27(32)21-12-18-5-6-20(30)24-23(18)26(27,25(19)34-24)15-29(21)13-16-2-3-16/h4-7,9,11,14,16,19,21,25,30,32H,2-3,8,10,12-13,15H2,1H3/b7-4+/t19-,21-,25+,26+,27-/m1/s1. The monoisotopic (exact) mass is 462 g/mol. The molecule has 2 bridgehead atoms. The first-order valence-corrected chi connectivity index (χ1v) is 12.4. The van der Waals surface area contributed by atoms with E-state index in [1.54, 1.807) is 41.7 Å². The molecule has 1 amide bonds. The summed E-state index contributed by atoms with van der Waals surface area (Å²) in [7, 11) is 1.82. The molecule has 3 fully saturated rings. The van der Waals surface area contributed by atoms with Crippen molar-refractivity contribution in [3.8, 4) is 11.5 Å². The van der Waals surface area contributed by atoms with E-state index in [4.69, 9.17) is 9.15 Å². The lowest BCUT2D eigenvalue weighted by Gasteiger charge is -2.54. The minimum Gasteiger partial charge on any atom is -0.504 e. The molecule has 2 N–H and O–H groups in total. The summed E-state index contributed by atoms with van der Waals surface area (Å²) < 4.78 is 11.6. The van der Waals surface area contributed by atoms with Crippen LogP contribution in [0.4, 0.5) is 0 Å². The van der Waals surface area contributed by atoms with Crippen LogP contribution in [0.15, 0.2) is 41.2 Å². The fraction of sp³-hybridized carbons (Fsp3) is 0.519. The first kappa shape index (κ1) is 20.6. The van der Waals surface area contributed by atoms with Crippen LogP contribution in [0.5, 0.6) is 11.5 Å². The maximum absolute atomic E-state index is 13.2. The summed E-state index contributed by atoms with van der Waals surface area (Å²) in [4.78, 5) is 17.4. The van der Waals surface area contributed by atoms with Gasteiger partial charge in [0.1, 0.15) is 6.10 Å². The Bertz CT molecular complexity index is 1190. The molecule has 178 valence electrons. The number of phenolic OH excluding ortho intramolecular Hbond substituents is 1. The average Bonchev–Trinajstić information content (AvgIpc) is 3.29. The Labute approximate surface area is 198 Å². The smallest absolute Gasteiger partial charge is 0.246 e. The molecule has 2 aromatic rings. The van der Waals surface area contributed by atoms with E-state index in [1.807, 2.05) is 13.1 Å². The van der Waals surface area contributed by atoms with E-state index in [9.17, 15) is 15.0 Å². The van der Waals surface area contributed by atoms with E-state index in [2.05, 4.69) is 4.90 Å². The second kappa shape index (κ2) is 6.89. The van der Waals surface area contributed by atoms with E-state index >= 15 is 0 Å². The third-order valence-corrected chi connectivity index (χ3v) is 9.20. The van der Waals surface area contributed by atoms with Crippen LogP contribution in [-0.4, -0.2) is 69.8 Å². The summed E-state index contributed by atoms with van der Waals surface area (Å²) in [5.74, 6) is 1.23. The third-order valence-electron chi connectivity index (χ3n) is 9.20. The van der Waals surface area contributed by atoms with Gasteiger partial charge in [-0.1, -0.05) is 6.07 Å². The van der Waals surface area contributed by atoms with Gasteiger partial charge in [-0.05, 0) is 61.8 Å². The number of amides is 1. The molecule has 5 atom stereocenters. The topological polar surface area (TPSA) is 86.4 Å². The number of rotatable bonds is 5. The Morgan fingerprint density at radius 3 is 2.91 bits per heavy atom. The van der Waals surface area contributed by atoms with Crippen LogP contribution in [0.3, 0.4) is 0 Å². The Kier molecular flexibility index (Phi) is 4.17. The highest BCUT2D eigenvalue weighted by Crippen LogP contribution is 2.66. The SMILES string of the molecule is CN(C(=O)/C=C/c1ccoc1)[C@@H]1CC[C@@]2(O)[C@H]3Cc4ccc(O)c5c4[C@@]2(CN3CC2CC2)[C@H]1O5. The summed E-state index contributed by atoms with van der Waals surface area (Å²) in [6, 6.07) is 5.36. The fourth-order valence-electron chi connectivity index (χ4n) is 7.42. The molecule has 5 aliphatic rings. The van der Waals surface area contributed by atoms with Crippen LogP contribution >= 0.6 is 0 Å². The van der Waals surface area contributed by atoms with Crippen LogP contribution < -0.4 is 4.74 Å². The molecule has 34 heavy (non-hydrogen) atoms. The van der Waals surface area contributed by atoms with E-state index < -0.39 is 17.1 Å². The zero-order valence-corrected chi connectivity index (χ0v) is 19.3. The van der Waals surface area contributed by atoms with Gasteiger partial charge in [0.25, 0.3) is 0 Å². The quantitative estimate of drug-likeness (QED) is 0.665. The highest BCUT2D eigenvalue weighted by atomic mass is 16.5. The molecule has 2 saturated carbocycles. The zero-order valence-electron chi connectivity index (χ0n) is 19.3. The predicted octanol–water partition coefficient (Wildman–Crippen LogP) is 2.70. The molecule has 1 spiro atoms. The van der Waals surface area contributed by atoms with Crippen molar-refractivity contribution in [2.24, 2.45) is 5.92 Å². The highest BCUT2D eigenvalue weighted by Gasteiger charge is 2.76. The Morgan fingerprint density at radius 1 is 1.29 bits per heavy atom. The van der Waals surface area contributed by atoms with E-state index in [-0.39, 0.29) is 23.7 Å². The molecule has 7 nitrogen and oxygen atoms in total. The van der Waals surface area contributed by atoms with E-state index in [0.717, 1.165) is 29.7 Å². The van der Waals surface area contributed by atoms with Gasteiger partial charge < -0.3 is 24.3 Å². The summed E-state index contributed by atoms with van der Waals surface area (Å²) in [5.41, 5.74) is 1.41. The molecule has 2 aliphatic heterocycles. The molecule has 7 rings (SSSR count). The average molecular weight is 463 g/mol. The van der Waals surface area contributed by atoms with Gasteiger partial charge in [-0.15, -0.1) is 0 Å². The van der Waals surface area contributed by atoms with Gasteiger partial charge in [0.05, 0.1) is 29.6 Å². The van der Waals surface area contributed by atoms with Gasteiger partial charge >= 0.3 is 0 Å². The number of carbonyl (C=O) groups is 1. The van der Waals surface area contributed by atoms with E-state index in [1.165, 1.54) is 12.8 Å². The second-order valence-corrected chi connectivity index (χ2v) is 10.9. The van der Waals surface area contributed by atoms with Crippen LogP contribution in [-0.2, 0) is 16.6 Å². The van der Waals surface area contributed by atoms with E-state index in [0.29, 0.717) is 31.1 Å². The van der Waals surface area contributed by atoms with Gasteiger partial charge in [0.2, 0.25) is 5.91 Å². The van der Waals surface area contributed by atoms with Gasteiger partial charge in [-0.2, -0.15) is 0 Å². The van der Waals surface area contributed by atoms with Crippen molar-refractivity contribution in [1.82, 2.24) is 9.80 Å². The number of aromatic hydroxyl groups is 1. The summed E-state index contributed by atoms with van der Waals surface area (Å²) >= 11 is 0. The minimum atomic E-state index is -0.925. The van der Waals surface area contributed by atoms with Crippen molar-refractivity contribution in [3.63, 3.8) is 0 Å². The number of ether oxygens (including phenoxy) is 1. The lowest BCUT2D eigenvalue weighted by atomic mass is 9.53.